The summed E-state index contributed by atoms with van der Waals surface area (Å²) in [4.78, 5) is 17.1. The minimum Gasteiger partial charge on any atom is -0.332 e. The third kappa shape index (κ3) is 2.08. The highest BCUT2D eigenvalue weighted by Crippen LogP contribution is 2.10. The Balaban J connectivity index is 2.74. The van der Waals surface area contributed by atoms with Crippen molar-refractivity contribution >= 4 is 17.9 Å². The molecular weight excluding hydrogens is 176 g/mol. The predicted molar refractivity (Wildman–Crippen MR) is 47.6 cm³/mol. The first-order valence-corrected chi connectivity index (χ1v) is 4.35. The molecule has 1 heterocycles. The number of hydrogen-bond donors (Lipinski definition) is 1. The Morgan fingerprint density at radius 1 is 1.67 bits per heavy atom. The van der Waals surface area contributed by atoms with Crippen molar-refractivity contribution in [2.24, 2.45) is 0 Å². The summed E-state index contributed by atoms with van der Waals surface area (Å²) < 4.78 is 0. The summed E-state index contributed by atoms with van der Waals surface area (Å²) in [6, 6.07) is 0. The van der Waals surface area contributed by atoms with Crippen LogP contribution in [-0.4, -0.2) is 16.3 Å². The molecule has 12 heavy (non-hydrogen) atoms. The molecule has 0 amide bonds. The first kappa shape index (κ1) is 9.26. The van der Waals surface area contributed by atoms with Gasteiger partial charge in [-0.25, -0.2) is 4.98 Å². The average molecular weight is 187 g/mol. The van der Waals surface area contributed by atoms with Gasteiger partial charge in [0.25, 0.3) is 0 Å². The SMILES string of the molecule is CCCCc1[nH]c(Cl)nc1C=O. The van der Waals surface area contributed by atoms with E-state index in [0.717, 1.165) is 31.2 Å². The van der Waals surface area contributed by atoms with E-state index in [0.29, 0.717) is 11.0 Å². The molecule has 0 fully saturated rings. The van der Waals surface area contributed by atoms with E-state index in [9.17, 15) is 4.79 Å². The summed E-state index contributed by atoms with van der Waals surface area (Å²) in [5.41, 5.74) is 1.28. The van der Waals surface area contributed by atoms with Crippen LogP contribution in [0, 0.1) is 0 Å². The van der Waals surface area contributed by atoms with Crippen LogP contribution in [0.1, 0.15) is 35.9 Å². The van der Waals surface area contributed by atoms with Crippen molar-refractivity contribution in [1.29, 1.82) is 0 Å². The molecule has 0 aliphatic heterocycles. The number of carbonyl (C=O) groups is 1. The average Bonchev–Trinajstić information content (AvgIpc) is 2.42. The number of unbranched alkanes of at least 4 members (excludes halogenated alkanes) is 1. The van der Waals surface area contributed by atoms with E-state index in [4.69, 9.17) is 11.6 Å². The number of nitrogens with zero attached hydrogens (tertiary/aromatic N) is 1. The summed E-state index contributed by atoms with van der Waals surface area (Å²) in [5.74, 6) is 0. The first-order valence-electron chi connectivity index (χ1n) is 3.97. The van der Waals surface area contributed by atoms with E-state index in [1.54, 1.807) is 0 Å². The molecule has 0 aromatic carbocycles. The Morgan fingerprint density at radius 2 is 2.42 bits per heavy atom. The van der Waals surface area contributed by atoms with Crippen LogP contribution in [0.15, 0.2) is 0 Å². The van der Waals surface area contributed by atoms with Crippen molar-refractivity contribution in [2.45, 2.75) is 26.2 Å². The smallest absolute Gasteiger partial charge is 0.200 e. The third-order valence-corrected chi connectivity index (χ3v) is 1.85. The number of halogens is 1. The maximum absolute atomic E-state index is 10.5. The molecular formula is C8H11ClN2O. The monoisotopic (exact) mass is 186 g/mol. The van der Waals surface area contributed by atoms with Gasteiger partial charge in [-0.15, -0.1) is 0 Å². The van der Waals surface area contributed by atoms with Gasteiger partial charge in [0.1, 0.15) is 5.69 Å². The van der Waals surface area contributed by atoms with Crippen molar-refractivity contribution in [1.82, 2.24) is 9.97 Å². The molecule has 0 aliphatic rings. The Kier molecular flexibility index (Phi) is 3.29. The number of nitrogens with one attached hydrogen (secondary N) is 1. The van der Waals surface area contributed by atoms with Gasteiger partial charge < -0.3 is 4.98 Å². The second kappa shape index (κ2) is 4.26. The van der Waals surface area contributed by atoms with Gasteiger partial charge in [0.15, 0.2) is 6.29 Å². The van der Waals surface area contributed by atoms with Gasteiger partial charge >= 0.3 is 0 Å². The lowest BCUT2D eigenvalue weighted by Crippen LogP contribution is -1.90. The molecule has 1 rings (SSSR count). The summed E-state index contributed by atoms with van der Waals surface area (Å²) >= 11 is 5.60. The van der Waals surface area contributed by atoms with E-state index in [-0.39, 0.29) is 0 Å². The number of carbonyl (C=O) groups excluding carboxylic acids is 1. The minimum atomic E-state index is 0.295. The summed E-state index contributed by atoms with van der Waals surface area (Å²) in [6.45, 7) is 2.10. The Morgan fingerprint density at radius 3 is 3.00 bits per heavy atom. The topological polar surface area (TPSA) is 45.8 Å². The molecule has 0 bridgehead atoms. The van der Waals surface area contributed by atoms with Gasteiger partial charge in [0.05, 0.1) is 0 Å². The predicted octanol–water partition coefficient (Wildman–Crippen LogP) is 2.22. The standard InChI is InChI=1S/C8H11ClN2O/c1-2-3-4-6-7(5-12)11-8(9)10-6/h5H,2-4H2,1H3,(H,10,11). The largest absolute Gasteiger partial charge is 0.332 e. The van der Waals surface area contributed by atoms with Gasteiger partial charge in [-0.05, 0) is 24.4 Å². The zero-order valence-corrected chi connectivity index (χ0v) is 7.69. The fourth-order valence-electron chi connectivity index (χ4n) is 1.03. The van der Waals surface area contributed by atoms with Crippen LogP contribution in [0.3, 0.4) is 0 Å². The van der Waals surface area contributed by atoms with Crippen LogP contribution < -0.4 is 0 Å². The number of rotatable bonds is 4. The minimum absolute atomic E-state index is 0.295. The second-order valence-corrected chi connectivity index (χ2v) is 2.97. The van der Waals surface area contributed by atoms with E-state index in [1.165, 1.54) is 0 Å². The maximum Gasteiger partial charge on any atom is 0.200 e. The maximum atomic E-state index is 10.5. The van der Waals surface area contributed by atoms with Crippen LogP contribution in [0.2, 0.25) is 5.28 Å². The Hall–Kier alpha value is -0.830. The molecule has 0 aliphatic carbocycles. The number of hydrogen-bond acceptors (Lipinski definition) is 2. The highest BCUT2D eigenvalue weighted by Gasteiger charge is 2.06. The van der Waals surface area contributed by atoms with Crippen molar-refractivity contribution in [3.05, 3.63) is 16.7 Å². The number of aromatic amines is 1. The van der Waals surface area contributed by atoms with E-state index in [2.05, 4.69) is 16.9 Å². The molecule has 0 radical (unpaired) electrons. The van der Waals surface area contributed by atoms with Gasteiger partial charge in [-0.3, -0.25) is 4.79 Å². The second-order valence-electron chi connectivity index (χ2n) is 2.61. The molecule has 1 N–H and O–H groups in total. The lowest BCUT2D eigenvalue weighted by atomic mass is 10.2. The summed E-state index contributed by atoms with van der Waals surface area (Å²) in [5, 5.41) is 0.295. The van der Waals surface area contributed by atoms with E-state index >= 15 is 0 Å². The number of aldehydes is 1. The van der Waals surface area contributed by atoms with Crippen LogP contribution in [0.4, 0.5) is 0 Å². The lowest BCUT2D eigenvalue weighted by molar-refractivity contribution is 0.111. The number of H-pyrrole nitrogens is 1. The Labute approximate surface area is 76.1 Å². The fourth-order valence-corrected chi connectivity index (χ4v) is 1.24. The van der Waals surface area contributed by atoms with Crippen LogP contribution in [-0.2, 0) is 6.42 Å². The van der Waals surface area contributed by atoms with E-state index in [1.807, 2.05) is 0 Å². The van der Waals surface area contributed by atoms with Crippen LogP contribution in [0.5, 0.6) is 0 Å². The van der Waals surface area contributed by atoms with Gasteiger partial charge in [-0.1, -0.05) is 13.3 Å². The molecule has 1 aromatic heterocycles. The molecule has 66 valence electrons. The van der Waals surface area contributed by atoms with Crippen molar-refractivity contribution in [2.75, 3.05) is 0 Å². The molecule has 0 saturated carbocycles. The van der Waals surface area contributed by atoms with Crippen molar-refractivity contribution in [3.8, 4) is 0 Å². The zero-order valence-electron chi connectivity index (χ0n) is 6.93. The third-order valence-electron chi connectivity index (χ3n) is 1.67. The van der Waals surface area contributed by atoms with E-state index < -0.39 is 0 Å². The van der Waals surface area contributed by atoms with Gasteiger partial charge in [-0.2, -0.15) is 0 Å². The molecule has 3 nitrogen and oxygen atoms in total. The Bertz CT molecular complexity index is 270. The number of aromatic nitrogens is 2. The number of aryl methyl sites for hydroxylation is 1. The van der Waals surface area contributed by atoms with Crippen molar-refractivity contribution < 1.29 is 4.79 Å². The summed E-state index contributed by atoms with van der Waals surface area (Å²) in [7, 11) is 0. The molecule has 0 atom stereocenters. The number of imidazole rings is 1. The lowest BCUT2D eigenvalue weighted by Gasteiger charge is -1.94. The van der Waals surface area contributed by atoms with Gasteiger partial charge in [0, 0.05) is 5.69 Å². The summed E-state index contributed by atoms with van der Waals surface area (Å²) in [6.07, 6.45) is 3.70. The highest BCUT2D eigenvalue weighted by molar-refractivity contribution is 6.28. The fraction of sp³-hybridized carbons (Fsp3) is 0.500. The first-order chi connectivity index (χ1) is 5.77. The normalized spacial score (nSPS) is 10.2. The van der Waals surface area contributed by atoms with Crippen LogP contribution in [0.25, 0.3) is 0 Å². The van der Waals surface area contributed by atoms with Crippen molar-refractivity contribution in [3.63, 3.8) is 0 Å². The highest BCUT2D eigenvalue weighted by atomic mass is 35.5. The quantitative estimate of drug-likeness (QED) is 0.733. The molecule has 0 spiro atoms. The molecule has 0 unspecified atom stereocenters. The zero-order chi connectivity index (χ0) is 8.97. The van der Waals surface area contributed by atoms with Crippen LogP contribution >= 0.6 is 11.6 Å². The molecule has 4 heteroatoms. The molecule has 1 aromatic rings. The van der Waals surface area contributed by atoms with Gasteiger partial charge in [0.2, 0.25) is 5.28 Å². The molecule has 0 saturated heterocycles.